The Labute approximate surface area is 131 Å². The van der Waals surface area contributed by atoms with Gasteiger partial charge in [-0.15, -0.1) is 0 Å². The van der Waals surface area contributed by atoms with E-state index in [1.165, 1.54) is 25.7 Å². The molecule has 2 heteroatoms. The van der Waals surface area contributed by atoms with Crippen molar-refractivity contribution >= 4 is 5.97 Å². The zero-order valence-electron chi connectivity index (χ0n) is 13.9. The molecule has 0 unspecified atom stereocenters. The predicted octanol–water partition coefficient (Wildman–Crippen LogP) is 5.75. The number of carbonyl (C=O) groups is 1. The summed E-state index contributed by atoms with van der Waals surface area (Å²) in [6.07, 6.45) is 22.7. The molecule has 0 rings (SSSR count). The van der Waals surface area contributed by atoms with Crippen LogP contribution in [-0.2, 0) is 9.53 Å². The van der Waals surface area contributed by atoms with E-state index in [9.17, 15) is 4.79 Å². The summed E-state index contributed by atoms with van der Waals surface area (Å²) in [6, 6.07) is 0. The molecule has 0 N–H and O–H groups in total. The molecule has 0 aromatic rings. The number of carbonyl (C=O) groups excluding carboxylic acids is 1. The van der Waals surface area contributed by atoms with E-state index in [-0.39, 0.29) is 5.97 Å². The van der Waals surface area contributed by atoms with Crippen LogP contribution >= 0.6 is 0 Å². The molecule has 0 amide bonds. The molecule has 0 aliphatic carbocycles. The number of hydrogen-bond donors (Lipinski definition) is 0. The van der Waals surface area contributed by atoms with Crippen molar-refractivity contribution < 1.29 is 9.53 Å². The Balaban J connectivity index is 3.34. The van der Waals surface area contributed by atoms with Crippen molar-refractivity contribution in [1.29, 1.82) is 0 Å². The van der Waals surface area contributed by atoms with Crippen molar-refractivity contribution in [1.82, 2.24) is 0 Å². The van der Waals surface area contributed by atoms with Crippen molar-refractivity contribution in [3.05, 3.63) is 36.5 Å². The van der Waals surface area contributed by atoms with Crippen LogP contribution < -0.4 is 0 Å². The zero-order valence-corrected chi connectivity index (χ0v) is 13.9. The first-order valence-corrected chi connectivity index (χ1v) is 8.43. The molecule has 0 fully saturated rings. The number of allylic oxidation sites excluding steroid dienone is 6. The van der Waals surface area contributed by atoms with Gasteiger partial charge in [0.15, 0.2) is 0 Å². The van der Waals surface area contributed by atoms with E-state index in [1.54, 1.807) is 0 Å². The average molecular weight is 292 g/mol. The van der Waals surface area contributed by atoms with Gasteiger partial charge < -0.3 is 4.74 Å². The summed E-state index contributed by atoms with van der Waals surface area (Å²) in [6.45, 7) is 4.54. The second-order valence-corrected chi connectivity index (χ2v) is 5.10. The second kappa shape index (κ2) is 16.7. The first kappa shape index (κ1) is 19.7. The molecule has 0 aliphatic rings. The summed E-state index contributed by atoms with van der Waals surface area (Å²) in [4.78, 5) is 11.1. The minimum absolute atomic E-state index is 0.0805. The third-order valence-corrected chi connectivity index (χ3v) is 3.07. The van der Waals surface area contributed by atoms with Gasteiger partial charge in [-0.3, -0.25) is 4.79 Å². The Kier molecular flexibility index (Phi) is 15.7. The van der Waals surface area contributed by atoms with Crippen LogP contribution in [0.5, 0.6) is 0 Å². The quantitative estimate of drug-likeness (QED) is 0.187. The van der Waals surface area contributed by atoms with Gasteiger partial charge in [-0.25, -0.2) is 0 Å². The summed E-state index contributed by atoms with van der Waals surface area (Å²) in [5.41, 5.74) is 0. The van der Waals surface area contributed by atoms with E-state index in [0.29, 0.717) is 13.0 Å². The SMILES string of the molecule is CCCC/C=C/C=C/CCC/C=C\CCCC(=O)OCC. The maximum absolute atomic E-state index is 11.1. The molecule has 120 valence electrons. The largest absolute Gasteiger partial charge is 0.466 e. The highest BCUT2D eigenvalue weighted by molar-refractivity contribution is 5.69. The average Bonchev–Trinajstić information content (AvgIpc) is 2.48. The standard InChI is InChI=1S/C19H32O2/c1-3-5-6-7-8-9-10-11-12-13-14-15-16-17-18-19(20)21-4-2/h7-10,14-15H,3-6,11-13,16-18H2,1-2H3/b8-7+,10-9+,15-14-. The maximum atomic E-state index is 11.1. The Morgan fingerprint density at radius 2 is 1.38 bits per heavy atom. The van der Waals surface area contributed by atoms with E-state index in [2.05, 4.69) is 43.4 Å². The summed E-state index contributed by atoms with van der Waals surface area (Å²) in [7, 11) is 0. The Hall–Kier alpha value is -1.31. The molecule has 0 saturated heterocycles. The topological polar surface area (TPSA) is 26.3 Å². The fraction of sp³-hybridized carbons (Fsp3) is 0.632. The van der Waals surface area contributed by atoms with Crippen LogP contribution in [0.4, 0.5) is 0 Å². The van der Waals surface area contributed by atoms with Crippen molar-refractivity contribution in [3.63, 3.8) is 0 Å². The van der Waals surface area contributed by atoms with Gasteiger partial charge in [0.1, 0.15) is 0 Å². The lowest BCUT2D eigenvalue weighted by Crippen LogP contribution is -2.02. The highest BCUT2D eigenvalue weighted by Gasteiger charge is 1.98. The molecule has 2 nitrogen and oxygen atoms in total. The van der Waals surface area contributed by atoms with Gasteiger partial charge >= 0.3 is 5.97 Å². The van der Waals surface area contributed by atoms with Crippen LogP contribution in [-0.4, -0.2) is 12.6 Å². The van der Waals surface area contributed by atoms with Gasteiger partial charge in [-0.1, -0.05) is 56.2 Å². The molecule has 0 aliphatic heterocycles. The summed E-state index contributed by atoms with van der Waals surface area (Å²) in [5, 5.41) is 0. The highest BCUT2D eigenvalue weighted by Crippen LogP contribution is 2.03. The molecular formula is C19H32O2. The second-order valence-electron chi connectivity index (χ2n) is 5.10. The van der Waals surface area contributed by atoms with Crippen molar-refractivity contribution in [3.8, 4) is 0 Å². The molecule has 0 saturated carbocycles. The first-order valence-electron chi connectivity index (χ1n) is 8.43. The minimum Gasteiger partial charge on any atom is -0.466 e. The third kappa shape index (κ3) is 16.6. The third-order valence-electron chi connectivity index (χ3n) is 3.07. The Morgan fingerprint density at radius 1 is 0.810 bits per heavy atom. The van der Waals surface area contributed by atoms with Gasteiger partial charge in [0.05, 0.1) is 6.61 Å². The van der Waals surface area contributed by atoms with E-state index in [0.717, 1.165) is 25.7 Å². The van der Waals surface area contributed by atoms with Crippen LogP contribution in [0.25, 0.3) is 0 Å². The highest BCUT2D eigenvalue weighted by atomic mass is 16.5. The first-order chi connectivity index (χ1) is 10.3. The van der Waals surface area contributed by atoms with Crippen LogP contribution in [0.2, 0.25) is 0 Å². The molecule has 0 heterocycles. The molecule has 0 atom stereocenters. The van der Waals surface area contributed by atoms with Crippen molar-refractivity contribution in [2.24, 2.45) is 0 Å². The molecular weight excluding hydrogens is 260 g/mol. The number of esters is 1. The number of ether oxygens (including phenoxy) is 1. The summed E-state index contributed by atoms with van der Waals surface area (Å²) < 4.78 is 4.88. The zero-order chi connectivity index (χ0) is 15.6. The Bertz CT molecular complexity index is 314. The summed E-state index contributed by atoms with van der Waals surface area (Å²) in [5.74, 6) is -0.0805. The molecule has 0 radical (unpaired) electrons. The number of rotatable bonds is 13. The van der Waals surface area contributed by atoms with E-state index < -0.39 is 0 Å². The normalized spacial score (nSPS) is 11.9. The molecule has 0 bridgehead atoms. The predicted molar refractivity (Wildman–Crippen MR) is 91.3 cm³/mol. The van der Waals surface area contributed by atoms with Crippen LogP contribution in [0, 0.1) is 0 Å². The van der Waals surface area contributed by atoms with E-state index in [4.69, 9.17) is 4.74 Å². The van der Waals surface area contributed by atoms with Crippen molar-refractivity contribution in [2.75, 3.05) is 6.61 Å². The van der Waals surface area contributed by atoms with Gasteiger partial charge in [-0.05, 0) is 45.4 Å². The van der Waals surface area contributed by atoms with Gasteiger partial charge in [0.25, 0.3) is 0 Å². The lowest BCUT2D eigenvalue weighted by atomic mass is 10.2. The van der Waals surface area contributed by atoms with Crippen LogP contribution in [0.15, 0.2) is 36.5 Å². The van der Waals surface area contributed by atoms with E-state index in [1.807, 2.05) is 6.92 Å². The van der Waals surface area contributed by atoms with Crippen LogP contribution in [0.3, 0.4) is 0 Å². The molecule has 21 heavy (non-hydrogen) atoms. The lowest BCUT2D eigenvalue weighted by Gasteiger charge is -1.99. The van der Waals surface area contributed by atoms with Gasteiger partial charge in [0, 0.05) is 6.42 Å². The minimum atomic E-state index is -0.0805. The number of hydrogen-bond acceptors (Lipinski definition) is 2. The van der Waals surface area contributed by atoms with Crippen molar-refractivity contribution in [2.45, 2.75) is 71.6 Å². The van der Waals surface area contributed by atoms with Gasteiger partial charge in [-0.2, -0.15) is 0 Å². The van der Waals surface area contributed by atoms with E-state index >= 15 is 0 Å². The lowest BCUT2D eigenvalue weighted by molar-refractivity contribution is -0.143. The fourth-order valence-electron chi connectivity index (χ4n) is 1.86. The van der Waals surface area contributed by atoms with Crippen LogP contribution in [0.1, 0.15) is 71.6 Å². The molecule has 0 aromatic heterocycles. The molecule has 0 aromatic carbocycles. The monoisotopic (exact) mass is 292 g/mol. The fourth-order valence-corrected chi connectivity index (χ4v) is 1.86. The smallest absolute Gasteiger partial charge is 0.305 e. The summed E-state index contributed by atoms with van der Waals surface area (Å²) >= 11 is 0. The van der Waals surface area contributed by atoms with Gasteiger partial charge in [0.2, 0.25) is 0 Å². The Morgan fingerprint density at radius 3 is 2.00 bits per heavy atom. The number of unbranched alkanes of at least 4 members (excludes halogenated alkanes) is 5. The molecule has 0 spiro atoms. The maximum Gasteiger partial charge on any atom is 0.305 e.